The SMILES string of the molecule is O=S(=O)(O)c1ccccc1C=Cc1ccccc1S(=O)(=O)On1ncc(-c2ccccc2)n1. The summed E-state index contributed by atoms with van der Waals surface area (Å²) in [5, 5.41) is 7.90. The van der Waals surface area contributed by atoms with E-state index in [1.807, 2.05) is 18.2 Å². The fourth-order valence-electron chi connectivity index (χ4n) is 3.03. The second-order valence-electron chi connectivity index (χ2n) is 6.76. The van der Waals surface area contributed by atoms with E-state index in [2.05, 4.69) is 10.2 Å². The zero-order valence-corrected chi connectivity index (χ0v) is 18.5. The monoisotopic (exact) mass is 483 g/mol. The van der Waals surface area contributed by atoms with Gasteiger partial charge in [-0.3, -0.25) is 4.55 Å². The van der Waals surface area contributed by atoms with E-state index in [0.717, 1.165) is 5.56 Å². The summed E-state index contributed by atoms with van der Waals surface area (Å²) in [6.45, 7) is 0. The van der Waals surface area contributed by atoms with Crippen molar-refractivity contribution in [2.45, 2.75) is 9.79 Å². The first-order chi connectivity index (χ1) is 15.7. The van der Waals surface area contributed by atoms with Gasteiger partial charge < -0.3 is 0 Å². The standard InChI is InChI=1S/C22H17N3O6S2/c26-32(27,28)21-12-6-4-10-18(21)14-15-19-11-5-7-13-22(19)33(29,30)31-25-23-16-20(24-25)17-8-2-1-3-9-17/h1-16H,(H,26,27,28). The van der Waals surface area contributed by atoms with E-state index in [-0.39, 0.29) is 20.9 Å². The largest absolute Gasteiger partial charge is 0.360 e. The van der Waals surface area contributed by atoms with Crippen molar-refractivity contribution >= 4 is 32.4 Å². The fourth-order valence-corrected chi connectivity index (χ4v) is 4.71. The average Bonchev–Trinajstić information content (AvgIpc) is 3.26. The Morgan fingerprint density at radius 3 is 1.94 bits per heavy atom. The molecule has 0 unspecified atom stereocenters. The third kappa shape index (κ3) is 5.17. The van der Waals surface area contributed by atoms with Crippen molar-refractivity contribution in [2.75, 3.05) is 0 Å². The lowest BCUT2D eigenvalue weighted by Gasteiger charge is -2.08. The van der Waals surface area contributed by atoms with Gasteiger partial charge in [0.1, 0.15) is 15.5 Å². The normalized spacial score (nSPS) is 12.2. The van der Waals surface area contributed by atoms with Crippen LogP contribution < -0.4 is 4.28 Å². The highest BCUT2D eigenvalue weighted by Gasteiger charge is 2.22. The number of benzene rings is 3. The molecule has 3 aromatic carbocycles. The second-order valence-corrected chi connectivity index (χ2v) is 9.65. The predicted molar refractivity (Wildman–Crippen MR) is 121 cm³/mol. The Balaban J connectivity index is 1.64. The molecular formula is C22H17N3O6S2. The second kappa shape index (κ2) is 8.98. The molecule has 0 fully saturated rings. The van der Waals surface area contributed by atoms with Crippen molar-refractivity contribution in [3.05, 3.63) is 96.2 Å². The van der Waals surface area contributed by atoms with Crippen LogP contribution in [0, 0.1) is 0 Å². The Hall–Kier alpha value is -3.80. The summed E-state index contributed by atoms with van der Waals surface area (Å²) >= 11 is 0. The molecule has 0 aliphatic rings. The lowest BCUT2D eigenvalue weighted by molar-refractivity contribution is 0.199. The van der Waals surface area contributed by atoms with Crippen LogP contribution in [0.5, 0.6) is 0 Å². The summed E-state index contributed by atoms with van der Waals surface area (Å²) in [5.74, 6) is 0. The number of hydrogen-bond donors (Lipinski definition) is 1. The predicted octanol–water partition coefficient (Wildman–Crippen LogP) is 3.18. The summed E-state index contributed by atoms with van der Waals surface area (Å²) in [5.41, 5.74) is 1.60. The first-order valence-electron chi connectivity index (χ1n) is 9.50. The van der Waals surface area contributed by atoms with Gasteiger partial charge in [-0.15, -0.1) is 10.2 Å². The maximum atomic E-state index is 12.9. The minimum Gasteiger partial charge on any atom is -0.282 e. The van der Waals surface area contributed by atoms with Crippen LogP contribution >= 0.6 is 0 Å². The Kier molecular flexibility index (Phi) is 6.09. The molecule has 0 atom stereocenters. The Labute approximate surface area is 190 Å². The van der Waals surface area contributed by atoms with Gasteiger partial charge in [0.2, 0.25) is 0 Å². The van der Waals surface area contributed by atoms with Crippen LogP contribution in [-0.4, -0.2) is 36.5 Å². The van der Waals surface area contributed by atoms with Crippen molar-refractivity contribution < 1.29 is 25.7 Å². The summed E-state index contributed by atoms with van der Waals surface area (Å²) in [6.07, 6.45) is 4.17. The molecule has 0 saturated carbocycles. The highest BCUT2D eigenvalue weighted by Crippen LogP contribution is 2.22. The molecule has 11 heteroatoms. The van der Waals surface area contributed by atoms with Crippen LogP contribution in [0.15, 0.2) is 94.9 Å². The van der Waals surface area contributed by atoms with Crippen LogP contribution in [-0.2, 0) is 20.2 Å². The molecule has 1 heterocycles. The van der Waals surface area contributed by atoms with Crippen molar-refractivity contribution in [3.8, 4) is 11.3 Å². The summed E-state index contributed by atoms with van der Waals surface area (Å²) in [4.78, 5) is 0.141. The van der Waals surface area contributed by atoms with E-state index in [1.54, 1.807) is 24.3 Å². The third-order valence-electron chi connectivity index (χ3n) is 4.53. The van der Waals surface area contributed by atoms with Crippen LogP contribution in [0.4, 0.5) is 0 Å². The molecule has 0 aliphatic carbocycles. The molecule has 0 aliphatic heterocycles. The first-order valence-corrected chi connectivity index (χ1v) is 12.4. The van der Waals surface area contributed by atoms with Gasteiger partial charge in [-0.1, -0.05) is 78.9 Å². The number of rotatable bonds is 7. The lowest BCUT2D eigenvalue weighted by Crippen LogP contribution is -2.23. The zero-order valence-electron chi connectivity index (χ0n) is 16.9. The van der Waals surface area contributed by atoms with Gasteiger partial charge in [0.25, 0.3) is 10.1 Å². The molecule has 0 radical (unpaired) electrons. The van der Waals surface area contributed by atoms with E-state index in [1.165, 1.54) is 54.7 Å². The number of hydrogen-bond acceptors (Lipinski definition) is 7. The summed E-state index contributed by atoms with van der Waals surface area (Å²) in [7, 11) is -8.79. The maximum absolute atomic E-state index is 12.9. The van der Waals surface area contributed by atoms with Crippen LogP contribution in [0.2, 0.25) is 0 Å². The van der Waals surface area contributed by atoms with Crippen molar-refractivity contribution in [1.82, 2.24) is 15.2 Å². The summed E-state index contributed by atoms with van der Waals surface area (Å²) in [6, 6.07) is 20.8. The van der Waals surface area contributed by atoms with Gasteiger partial charge in [-0.05, 0) is 23.3 Å². The Bertz CT molecular complexity index is 1530. The van der Waals surface area contributed by atoms with Gasteiger partial charge in [0.15, 0.2) is 0 Å². The Morgan fingerprint density at radius 2 is 1.30 bits per heavy atom. The molecule has 33 heavy (non-hydrogen) atoms. The molecule has 0 spiro atoms. The maximum Gasteiger partial charge on any atom is 0.360 e. The molecule has 4 rings (SSSR count). The topological polar surface area (TPSA) is 128 Å². The van der Waals surface area contributed by atoms with E-state index in [9.17, 15) is 21.4 Å². The van der Waals surface area contributed by atoms with Gasteiger partial charge in [0, 0.05) is 10.5 Å². The van der Waals surface area contributed by atoms with Gasteiger partial charge >= 0.3 is 10.1 Å². The zero-order chi connectivity index (χ0) is 23.5. The minimum absolute atomic E-state index is 0.177. The van der Waals surface area contributed by atoms with Gasteiger partial charge in [0.05, 0.1) is 6.20 Å². The lowest BCUT2D eigenvalue weighted by atomic mass is 10.1. The highest BCUT2D eigenvalue weighted by atomic mass is 32.2. The molecule has 0 bridgehead atoms. The van der Waals surface area contributed by atoms with Crippen molar-refractivity contribution in [2.24, 2.45) is 0 Å². The van der Waals surface area contributed by atoms with Gasteiger partial charge in [-0.2, -0.15) is 16.8 Å². The fraction of sp³-hybridized carbons (Fsp3) is 0. The van der Waals surface area contributed by atoms with Crippen LogP contribution in [0.3, 0.4) is 0 Å². The average molecular weight is 484 g/mol. The molecule has 4 aromatic rings. The van der Waals surface area contributed by atoms with E-state index in [4.69, 9.17) is 4.28 Å². The van der Waals surface area contributed by atoms with E-state index < -0.39 is 20.2 Å². The van der Waals surface area contributed by atoms with Gasteiger partial charge in [-0.25, -0.2) is 4.28 Å². The quantitative estimate of drug-likeness (QED) is 0.313. The summed E-state index contributed by atoms with van der Waals surface area (Å²) < 4.78 is 63.5. The smallest absolute Gasteiger partial charge is 0.282 e. The van der Waals surface area contributed by atoms with Crippen LogP contribution in [0.1, 0.15) is 11.1 Å². The minimum atomic E-state index is -4.45. The molecule has 1 aromatic heterocycles. The van der Waals surface area contributed by atoms with Crippen LogP contribution in [0.25, 0.3) is 23.4 Å². The molecule has 168 valence electrons. The van der Waals surface area contributed by atoms with E-state index >= 15 is 0 Å². The van der Waals surface area contributed by atoms with Crippen molar-refractivity contribution in [1.29, 1.82) is 0 Å². The highest BCUT2D eigenvalue weighted by molar-refractivity contribution is 7.87. The molecule has 0 amide bonds. The molecule has 9 nitrogen and oxygen atoms in total. The number of aromatic nitrogens is 3. The van der Waals surface area contributed by atoms with E-state index in [0.29, 0.717) is 10.7 Å². The first kappa shape index (κ1) is 22.4. The molecule has 0 saturated heterocycles. The third-order valence-corrected chi connectivity index (χ3v) is 6.70. The Morgan fingerprint density at radius 1 is 0.758 bits per heavy atom. The van der Waals surface area contributed by atoms with Crippen molar-refractivity contribution in [3.63, 3.8) is 0 Å². The molecular weight excluding hydrogens is 466 g/mol. The number of nitrogens with zero attached hydrogens (tertiary/aromatic N) is 3. The molecule has 1 N–H and O–H groups in total.